The lowest BCUT2D eigenvalue weighted by Gasteiger charge is -2.25. The summed E-state index contributed by atoms with van der Waals surface area (Å²) in [6.45, 7) is -0.552. The maximum Gasteiger partial charge on any atom is 0.322 e. The standard InChI is InChI=1S/C32H26N6O7S.3H2/c39-26(34-21-10-9-19-14-32(15-20(19)13-21)30(42)36-31(43)37-32)16-38-24-7-3-4-8-25(24)46(44,45)17-23(29(38)41)35-28(40)27-22-6-2-1-5-18(22)11-12-33-27;;;/h1-13,23H,14-17H2,(H,34,39)(H,35,40)(H2,36,37,42,43);3*1H/t23-,32?;;;/m0.../s1. The number of pyridine rings is 1. The van der Waals surface area contributed by atoms with E-state index in [1.807, 2.05) is 0 Å². The molecular formula is C32H32N6O7S. The Morgan fingerprint density at radius 2 is 1.74 bits per heavy atom. The van der Waals surface area contributed by atoms with Gasteiger partial charge in [0.15, 0.2) is 9.84 Å². The summed E-state index contributed by atoms with van der Waals surface area (Å²) >= 11 is 0. The van der Waals surface area contributed by atoms with Crippen LogP contribution in [0.3, 0.4) is 0 Å². The summed E-state index contributed by atoms with van der Waals surface area (Å²) in [5.41, 5.74) is 0.972. The number of hydrogen-bond acceptors (Lipinski definition) is 8. The summed E-state index contributed by atoms with van der Waals surface area (Å²) in [6, 6.07) is 17.7. The van der Waals surface area contributed by atoms with Gasteiger partial charge in [0.05, 0.1) is 16.3 Å². The predicted octanol–water partition coefficient (Wildman–Crippen LogP) is 2.21. The van der Waals surface area contributed by atoms with Crippen LogP contribution in [0.4, 0.5) is 16.2 Å². The van der Waals surface area contributed by atoms with Crippen molar-refractivity contribution in [1.29, 1.82) is 0 Å². The van der Waals surface area contributed by atoms with Crippen LogP contribution < -0.4 is 26.2 Å². The van der Waals surface area contributed by atoms with E-state index in [0.29, 0.717) is 17.5 Å². The number of nitrogens with one attached hydrogen (secondary N) is 4. The number of para-hydroxylation sites is 1. The third kappa shape index (κ3) is 5.01. The van der Waals surface area contributed by atoms with E-state index in [2.05, 4.69) is 26.3 Å². The van der Waals surface area contributed by atoms with Crippen LogP contribution in [0, 0.1) is 0 Å². The van der Waals surface area contributed by atoms with Crippen LogP contribution in [0.5, 0.6) is 0 Å². The van der Waals surface area contributed by atoms with Crippen molar-refractivity contribution in [3.63, 3.8) is 0 Å². The van der Waals surface area contributed by atoms with Crippen molar-refractivity contribution >= 4 is 61.6 Å². The van der Waals surface area contributed by atoms with E-state index in [4.69, 9.17) is 0 Å². The van der Waals surface area contributed by atoms with E-state index in [-0.39, 0.29) is 27.0 Å². The van der Waals surface area contributed by atoms with Gasteiger partial charge in [-0.3, -0.25) is 34.4 Å². The number of fused-ring (bicyclic) bond motifs is 3. The fraction of sp³-hybridized carbons (Fsp3) is 0.188. The fourth-order valence-corrected chi connectivity index (χ4v) is 7.93. The van der Waals surface area contributed by atoms with Crippen LogP contribution in [0.15, 0.2) is 83.9 Å². The van der Waals surface area contributed by atoms with Crippen molar-refractivity contribution in [2.24, 2.45) is 0 Å². The highest BCUT2D eigenvalue weighted by Gasteiger charge is 2.50. The molecule has 14 heteroatoms. The van der Waals surface area contributed by atoms with Crippen LogP contribution in [-0.4, -0.2) is 66.9 Å². The minimum Gasteiger partial charge on any atom is -0.338 e. The summed E-state index contributed by atoms with van der Waals surface area (Å²) in [7, 11) is -4.08. The predicted molar refractivity (Wildman–Crippen MR) is 172 cm³/mol. The summed E-state index contributed by atoms with van der Waals surface area (Å²) in [5.74, 6) is -3.26. The first-order chi connectivity index (χ1) is 22.0. The van der Waals surface area contributed by atoms with Gasteiger partial charge >= 0.3 is 6.03 Å². The monoisotopic (exact) mass is 644 g/mol. The maximum absolute atomic E-state index is 13.9. The lowest BCUT2D eigenvalue weighted by Crippen LogP contribution is -2.52. The zero-order chi connectivity index (χ0) is 32.2. The Bertz CT molecular complexity index is 2130. The fourth-order valence-electron chi connectivity index (χ4n) is 6.30. The van der Waals surface area contributed by atoms with E-state index in [0.717, 1.165) is 21.4 Å². The van der Waals surface area contributed by atoms with E-state index in [1.165, 1.54) is 24.4 Å². The molecule has 3 aliphatic rings. The second kappa shape index (κ2) is 10.8. The third-order valence-corrected chi connectivity index (χ3v) is 10.2. The second-order valence-corrected chi connectivity index (χ2v) is 13.5. The topological polar surface area (TPSA) is 184 Å². The number of carbonyl (C=O) groups is 5. The number of rotatable bonds is 5. The number of aromatic nitrogens is 1. The molecule has 2 aliphatic heterocycles. The zero-order valence-electron chi connectivity index (χ0n) is 24.1. The molecule has 0 bridgehead atoms. The van der Waals surface area contributed by atoms with Gasteiger partial charge in [-0.15, -0.1) is 0 Å². The molecule has 0 radical (unpaired) electrons. The first-order valence-electron chi connectivity index (χ1n) is 14.4. The Kier molecular flexibility index (Phi) is 6.81. The summed E-state index contributed by atoms with van der Waals surface area (Å²) < 4.78 is 26.9. The number of carbonyl (C=O) groups excluding carboxylic acids is 5. The van der Waals surface area contributed by atoms with Gasteiger partial charge in [-0.25, -0.2) is 13.2 Å². The number of nitrogens with zero attached hydrogens (tertiary/aromatic N) is 2. The van der Waals surface area contributed by atoms with Gasteiger partial charge in [0, 0.05) is 34.4 Å². The Labute approximate surface area is 266 Å². The number of urea groups is 1. The second-order valence-electron chi connectivity index (χ2n) is 11.5. The van der Waals surface area contributed by atoms with Crippen molar-refractivity contribution in [3.05, 3.63) is 95.8 Å². The molecule has 4 aromatic rings. The number of benzene rings is 3. The van der Waals surface area contributed by atoms with Crippen LogP contribution in [0.25, 0.3) is 10.8 Å². The minimum atomic E-state index is -4.08. The molecular weight excluding hydrogens is 612 g/mol. The summed E-state index contributed by atoms with van der Waals surface area (Å²) in [6.07, 6.45) is 2.00. The first kappa shape index (κ1) is 29.1. The van der Waals surface area contributed by atoms with Crippen LogP contribution in [0.1, 0.15) is 25.9 Å². The van der Waals surface area contributed by atoms with Gasteiger partial charge in [-0.1, -0.05) is 42.5 Å². The molecule has 46 heavy (non-hydrogen) atoms. The molecule has 1 unspecified atom stereocenters. The Hall–Kier alpha value is -5.63. The average Bonchev–Trinajstić information content (AvgIpc) is 3.51. The molecule has 7 rings (SSSR count). The lowest BCUT2D eigenvalue weighted by molar-refractivity contribution is -0.123. The summed E-state index contributed by atoms with van der Waals surface area (Å²) in [5, 5.41) is 11.5. The number of sulfone groups is 1. The van der Waals surface area contributed by atoms with Gasteiger partial charge in [-0.2, -0.15) is 0 Å². The summed E-state index contributed by atoms with van der Waals surface area (Å²) in [4.78, 5) is 70.0. The van der Waals surface area contributed by atoms with Crippen molar-refractivity contribution in [3.8, 4) is 0 Å². The SMILES string of the molecule is O=C(CN1C(=O)[C@@H](NC(=O)c2nccc3ccccc23)CS(=O)(=O)c2ccccc21)Nc1ccc2c(c1)CC1(C2)NC(=O)NC1=O.[HH].[HH].[HH]. The van der Waals surface area contributed by atoms with Crippen molar-refractivity contribution < 1.29 is 36.7 Å². The van der Waals surface area contributed by atoms with Gasteiger partial charge in [-0.05, 0) is 46.8 Å². The van der Waals surface area contributed by atoms with Gasteiger partial charge in [0.25, 0.3) is 17.7 Å². The normalized spacial score (nSPS) is 21.3. The van der Waals surface area contributed by atoms with Crippen molar-refractivity contribution in [2.45, 2.75) is 29.3 Å². The van der Waals surface area contributed by atoms with Crippen molar-refractivity contribution in [2.75, 3.05) is 22.5 Å². The first-order valence-corrected chi connectivity index (χ1v) is 16.0. The van der Waals surface area contributed by atoms with E-state index < -0.39 is 63.4 Å². The maximum atomic E-state index is 13.9. The molecule has 6 amide bonds. The highest BCUT2D eigenvalue weighted by atomic mass is 32.2. The van der Waals surface area contributed by atoms with Crippen LogP contribution in [0.2, 0.25) is 0 Å². The molecule has 1 saturated heterocycles. The highest BCUT2D eigenvalue weighted by molar-refractivity contribution is 7.91. The highest BCUT2D eigenvalue weighted by Crippen LogP contribution is 2.34. The lowest BCUT2D eigenvalue weighted by atomic mass is 9.96. The molecule has 3 heterocycles. The van der Waals surface area contributed by atoms with E-state index >= 15 is 0 Å². The molecule has 1 aromatic heterocycles. The van der Waals surface area contributed by atoms with E-state index in [9.17, 15) is 32.4 Å². The molecule has 4 N–H and O–H groups in total. The Balaban J connectivity index is 0.00000180. The van der Waals surface area contributed by atoms with Gasteiger partial charge in [0.1, 0.15) is 23.8 Å². The molecule has 2 atom stereocenters. The Morgan fingerprint density at radius 3 is 2.54 bits per heavy atom. The van der Waals surface area contributed by atoms with Crippen LogP contribution >= 0.6 is 0 Å². The largest absolute Gasteiger partial charge is 0.338 e. The molecule has 238 valence electrons. The molecule has 0 saturated carbocycles. The minimum absolute atomic E-state index is 0. The van der Waals surface area contributed by atoms with Crippen molar-refractivity contribution in [1.82, 2.24) is 20.9 Å². The quantitative estimate of drug-likeness (QED) is 0.238. The average molecular weight is 645 g/mol. The zero-order valence-corrected chi connectivity index (χ0v) is 24.9. The molecule has 1 fully saturated rings. The van der Waals surface area contributed by atoms with Crippen LogP contribution in [-0.2, 0) is 37.1 Å². The van der Waals surface area contributed by atoms with Gasteiger partial charge in [0.2, 0.25) is 5.91 Å². The smallest absolute Gasteiger partial charge is 0.322 e. The molecule has 1 aliphatic carbocycles. The molecule has 3 aromatic carbocycles. The Morgan fingerprint density at radius 1 is 0.978 bits per heavy atom. The van der Waals surface area contributed by atoms with Gasteiger partial charge < -0.3 is 16.0 Å². The van der Waals surface area contributed by atoms with E-state index in [1.54, 1.807) is 54.6 Å². The molecule has 13 nitrogen and oxygen atoms in total. The number of hydrogen-bond donors (Lipinski definition) is 4. The number of imide groups is 1. The third-order valence-electron chi connectivity index (χ3n) is 8.43. The number of anilines is 2. The number of amides is 6. The molecule has 1 spiro atoms.